The molecule has 0 unspecified atom stereocenters. The van der Waals surface area contributed by atoms with E-state index in [1.54, 1.807) is 33.1 Å². The monoisotopic (exact) mass is 304 g/mol. The van der Waals surface area contributed by atoms with E-state index in [2.05, 4.69) is 0 Å². The molecule has 1 aromatic rings. The van der Waals surface area contributed by atoms with Gasteiger partial charge in [-0.15, -0.1) is 0 Å². The molecule has 0 atom stereocenters. The molecular formula is C17H20O5. The van der Waals surface area contributed by atoms with Gasteiger partial charge in [-0.05, 0) is 26.0 Å². The topological polar surface area (TPSA) is 61.8 Å². The fourth-order valence-electron chi connectivity index (χ4n) is 1.69. The van der Waals surface area contributed by atoms with E-state index in [-0.39, 0.29) is 18.8 Å². The summed E-state index contributed by atoms with van der Waals surface area (Å²) in [4.78, 5) is 23.6. The number of rotatable bonds is 7. The Hall–Kier alpha value is -2.56. The van der Waals surface area contributed by atoms with E-state index in [0.29, 0.717) is 5.75 Å². The molecule has 22 heavy (non-hydrogen) atoms. The SMILES string of the molecule is CCOC(=O)C(=C/C=C/c1ccccc1OC)C(=O)OCC. The number of hydrogen-bond donors (Lipinski definition) is 0. The molecule has 0 heterocycles. The highest BCUT2D eigenvalue weighted by atomic mass is 16.6. The lowest BCUT2D eigenvalue weighted by Crippen LogP contribution is -2.18. The van der Waals surface area contributed by atoms with Crippen LogP contribution >= 0.6 is 0 Å². The van der Waals surface area contributed by atoms with E-state index in [1.165, 1.54) is 6.08 Å². The molecule has 0 N–H and O–H groups in total. The molecule has 1 rings (SSSR count). The van der Waals surface area contributed by atoms with Gasteiger partial charge in [-0.25, -0.2) is 9.59 Å². The van der Waals surface area contributed by atoms with Gasteiger partial charge in [-0.3, -0.25) is 0 Å². The molecule has 0 fully saturated rings. The first-order valence-corrected chi connectivity index (χ1v) is 6.99. The summed E-state index contributed by atoms with van der Waals surface area (Å²) in [6.07, 6.45) is 4.70. The normalized spacial score (nSPS) is 10.1. The maximum atomic E-state index is 11.8. The zero-order valence-electron chi connectivity index (χ0n) is 13.0. The molecule has 0 saturated carbocycles. The molecule has 0 saturated heterocycles. The van der Waals surface area contributed by atoms with Crippen molar-refractivity contribution >= 4 is 18.0 Å². The summed E-state index contributed by atoms with van der Waals surface area (Å²) in [6, 6.07) is 7.40. The molecule has 0 aliphatic rings. The number of esters is 2. The quantitative estimate of drug-likeness (QED) is 0.255. The van der Waals surface area contributed by atoms with Crippen LogP contribution in [0.25, 0.3) is 6.08 Å². The van der Waals surface area contributed by atoms with E-state index in [9.17, 15) is 9.59 Å². The molecule has 0 bridgehead atoms. The highest BCUT2D eigenvalue weighted by Gasteiger charge is 2.19. The van der Waals surface area contributed by atoms with Gasteiger partial charge in [0.25, 0.3) is 0 Å². The van der Waals surface area contributed by atoms with E-state index < -0.39 is 11.9 Å². The summed E-state index contributed by atoms with van der Waals surface area (Å²) in [5.74, 6) is -0.711. The molecule has 0 spiro atoms. The zero-order chi connectivity index (χ0) is 16.4. The highest BCUT2D eigenvalue weighted by Crippen LogP contribution is 2.18. The van der Waals surface area contributed by atoms with Crippen molar-refractivity contribution in [3.05, 3.63) is 47.6 Å². The van der Waals surface area contributed by atoms with Crippen molar-refractivity contribution in [1.29, 1.82) is 0 Å². The Balaban J connectivity index is 2.99. The third-order valence-electron chi connectivity index (χ3n) is 2.67. The summed E-state index contributed by atoms with van der Waals surface area (Å²) >= 11 is 0. The Morgan fingerprint density at radius 3 is 2.18 bits per heavy atom. The van der Waals surface area contributed by atoms with E-state index in [1.807, 2.05) is 24.3 Å². The fourth-order valence-corrected chi connectivity index (χ4v) is 1.69. The number of carbonyl (C=O) groups excluding carboxylic acids is 2. The molecular weight excluding hydrogens is 284 g/mol. The maximum Gasteiger partial charge on any atom is 0.345 e. The Morgan fingerprint density at radius 2 is 1.64 bits per heavy atom. The smallest absolute Gasteiger partial charge is 0.345 e. The predicted octanol–water partition coefficient (Wildman–Crippen LogP) is 2.76. The number of hydrogen-bond acceptors (Lipinski definition) is 5. The lowest BCUT2D eigenvalue weighted by Gasteiger charge is -2.05. The largest absolute Gasteiger partial charge is 0.496 e. The highest BCUT2D eigenvalue weighted by molar-refractivity contribution is 6.14. The van der Waals surface area contributed by atoms with Gasteiger partial charge in [-0.1, -0.05) is 30.4 Å². The van der Waals surface area contributed by atoms with Crippen molar-refractivity contribution < 1.29 is 23.8 Å². The molecule has 0 aliphatic heterocycles. The molecule has 0 aromatic heterocycles. The van der Waals surface area contributed by atoms with Crippen LogP contribution in [0.2, 0.25) is 0 Å². The molecule has 0 amide bonds. The average molecular weight is 304 g/mol. The van der Waals surface area contributed by atoms with E-state index >= 15 is 0 Å². The van der Waals surface area contributed by atoms with Crippen LogP contribution in [0.15, 0.2) is 42.0 Å². The number of methoxy groups -OCH3 is 1. The van der Waals surface area contributed by atoms with Crippen LogP contribution in [0.5, 0.6) is 5.75 Å². The van der Waals surface area contributed by atoms with Crippen LogP contribution in [0, 0.1) is 0 Å². The van der Waals surface area contributed by atoms with Gasteiger partial charge >= 0.3 is 11.9 Å². The summed E-state index contributed by atoms with van der Waals surface area (Å²) in [6.45, 7) is 3.72. The molecule has 5 nitrogen and oxygen atoms in total. The average Bonchev–Trinajstić information content (AvgIpc) is 2.52. The van der Waals surface area contributed by atoms with Crippen LogP contribution in [0.1, 0.15) is 19.4 Å². The van der Waals surface area contributed by atoms with Gasteiger partial charge in [0.15, 0.2) is 0 Å². The molecule has 1 aromatic carbocycles. The van der Waals surface area contributed by atoms with E-state index in [4.69, 9.17) is 14.2 Å². The maximum absolute atomic E-state index is 11.8. The van der Waals surface area contributed by atoms with Crippen molar-refractivity contribution in [2.24, 2.45) is 0 Å². The molecule has 0 radical (unpaired) electrons. The van der Waals surface area contributed by atoms with Crippen molar-refractivity contribution in [1.82, 2.24) is 0 Å². The lowest BCUT2D eigenvalue weighted by molar-refractivity contribution is -0.146. The van der Waals surface area contributed by atoms with Gasteiger partial charge in [0, 0.05) is 5.56 Å². The Labute approximate surface area is 130 Å². The third-order valence-corrected chi connectivity index (χ3v) is 2.67. The lowest BCUT2D eigenvalue weighted by atomic mass is 10.1. The summed E-state index contributed by atoms with van der Waals surface area (Å²) in [5, 5.41) is 0. The van der Waals surface area contributed by atoms with Crippen molar-refractivity contribution in [2.45, 2.75) is 13.8 Å². The summed E-state index contributed by atoms with van der Waals surface area (Å²) in [7, 11) is 1.57. The van der Waals surface area contributed by atoms with Gasteiger partial charge in [0.05, 0.1) is 20.3 Å². The van der Waals surface area contributed by atoms with Gasteiger partial charge < -0.3 is 14.2 Å². The van der Waals surface area contributed by atoms with E-state index in [0.717, 1.165) is 5.56 Å². The van der Waals surface area contributed by atoms with Crippen molar-refractivity contribution in [3.63, 3.8) is 0 Å². The second kappa shape index (κ2) is 9.39. The minimum absolute atomic E-state index is 0.144. The second-order valence-electron chi connectivity index (χ2n) is 4.12. The first-order valence-electron chi connectivity index (χ1n) is 6.99. The number of allylic oxidation sites excluding steroid dienone is 2. The standard InChI is InChI=1S/C17H20O5/c1-4-21-16(18)14(17(19)22-5-2)11-8-10-13-9-6-7-12-15(13)20-3/h6-12H,4-5H2,1-3H3/b10-8+. The summed E-state index contributed by atoms with van der Waals surface area (Å²) < 4.78 is 14.9. The first-order chi connectivity index (χ1) is 10.6. The molecule has 118 valence electrons. The number of carbonyl (C=O) groups is 2. The third kappa shape index (κ3) is 5.09. The van der Waals surface area contributed by atoms with Crippen LogP contribution in [-0.4, -0.2) is 32.3 Å². The van der Waals surface area contributed by atoms with Crippen molar-refractivity contribution in [2.75, 3.05) is 20.3 Å². The number of para-hydroxylation sites is 1. The Bertz CT molecular complexity index is 552. The molecule has 5 heteroatoms. The van der Waals surface area contributed by atoms with Crippen LogP contribution < -0.4 is 4.74 Å². The fraction of sp³-hybridized carbons (Fsp3) is 0.294. The second-order valence-corrected chi connectivity index (χ2v) is 4.12. The number of ether oxygens (including phenoxy) is 3. The van der Waals surface area contributed by atoms with Crippen LogP contribution in [0.4, 0.5) is 0 Å². The Kier molecular flexibility index (Phi) is 7.47. The number of benzene rings is 1. The molecule has 0 aliphatic carbocycles. The van der Waals surface area contributed by atoms with Gasteiger partial charge in [0.1, 0.15) is 11.3 Å². The van der Waals surface area contributed by atoms with Crippen molar-refractivity contribution in [3.8, 4) is 5.75 Å². The van der Waals surface area contributed by atoms with Crippen LogP contribution in [0.3, 0.4) is 0 Å². The first kappa shape index (κ1) is 17.5. The Morgan fingerprint density at radius 1 is 1.05 bits per heavy atom. The van der Waals surface area contributed by atoms with Crippen LogP contribution in [-0.2, 0) is 19.1 Å². The minimum Gasteiger partial charge on any atom is -0.496 e. The zero-order valence-corrected chi connectivity index (χ0v) is 13.0. The van der Waals surface area contributed by atoms with Gasteiger partial charge in [0.2, 0.25) is 0 Å². The predicted molar refractivity (Wildman–Crippen MR) is 83.4 cm³/mol. The summed E-state index contributed by atoms with van der Waals surface area (Å²) in [5.41, 5.74) is 0.683. The van der Waals surface area contributed by atoms with Gasteiger partial charge in [-0.2, -0.15) is 0 Å². The minimum atomic E-state index is -0.703.